The lowest BCUT2D eigenvalue weighted by Gasteiger charge is -2.19. The highest BCUT2D eigenvalue weighted by Gasteiger charge is 2.25. The van der Waals surface area contributed by atoms with E-state index in [0.29, 0.717) is 30.5 Å². The van der Waals surface area contributed by atoms with Crippen LogP contribution in [0.3, 0.4) is 0 Å². The maximum Gasteiger partial charge on any atom is 0.151 e. The third-order valence-corrected chi connectivity index (χ3v) is 2.38. The molecule has 1 aromatic rings. The molecule has 2 heterocycles. The Morgan fingerprint density at radius 2 is 2.29 bits per heavy atom. The van der Waals surface area contributed by atoms with Crippen molar-refractivity contribution in [3.8, 4) is 0 Å². The first-order valence-electron chi connectivity index (χ1n) is 4.37. The lowest BCUT2D eigenvalue weighted by Crippen LogP contribution is -2.26. The normalized spacial score (nSPS) is 22.4. The number of hydrogen-bond acceptors (Lipinski definition) is 4. The minimum atomic E-state index is -0.270. The third kappa shape index (κ3) is 1.91. The number of halogens is 1. The fraction of sp³-hybridized carbons (Fsp3) is 0.444. The number of ketones is 1. The number of ether oxygens (including phenoxy) is 1. The van der Waals surface area contributed by atoms with Crippen molar-refractivity contribution in [2.24, 2.45) is 0 Å². The first-order valence-corrected chi connectivity index (χ1v) is 4.75. The minimum Gasteiger partial charge on any atom is -0.380 e. The summed E-state index contributed by atoms with van der Waals surface area (Å²) < 4.78 is 5.22. The van der Waals surface area contributed by atoms with E-state index in [1.807, 2.05) is 0 Å². The molecule has 1 aliphatic rings. The molecular weight excluding hydrogens is 204 g/mol. The van der Waals surface area contributed by atoms with E-state index in [-0.39, 0.29) is 11.7 Å². The molecule has 2 rings (SSSR count). The van der Waals surface area contributed by atoms with E-state index >= 15 is 0 Å². The molecule has 74 valence electrons. The summed E-state index contributed by atoms with van der Waals surface area (Å²) in [7, 11) is 0. The Morgan fingerprint density at radius 3 is 2.93 bits per heavy atom. The van der Waals surface area contributed by atoms with Crippen LogP contribution in [0, 0.1) is 0 Å². The van der Waals surface area contributed by atoms with Crippen LogP contribution in [0.1, 0.15) is 18.0 Å². The number of nitrogens with zero attached hydrogens (tertiary/aromatic N) is 2. The van der Waals surface area contributed by atoms with Crippen molar-refractivity contribution < 1.29 is 9.53 Å². The molecule has 0 aliphatic carbocycles. The molecule has 0 aromatic carbocycles. The van der Waals surface area contributed by atoms with Crippen molar-refractivity contribution in [1.82, 2.24) is 10.2 Å². The average Bonchev–Trinajstić information content (AvgIpc) is 2.20. The lowest BCUT2D eigenvalue weighted by molar-refractivity contribution is -0.126. The molecule has 0 saturated carbocycles. The van der Waals surface area contributed by atoms with Gasteiger partial charge < -0.3 is 4.74 Å². The quantitative estimate of drug-likeness (QED) is 0.702. The van der Waals surface area contributed by atoms with Gasteiger partial charge in [-0.05, 0) is 12.1 Å². The Balaban J connectivity index is 2.20. The number of hydrogen-bond donors (Lipinski definition) is 0. The van der Waals surface area contributed by atoms with Crippen LogP contribution in [0.5, 0.6) is 0 Å². The summed E-state index contributed by atoms with van der Waals surface area (Å²) in [6, 6.07) is 3.35. The molecular formula is C9H9ClN2O2. The van der Waals surface area contributed by atoms with E-state index in [9.17, 15) is 4.79 Å². The molecule has 0 amide bonds. The maximum atomic E-state index is 11.5. The Bertz CT molecular complexity index is 339. The van der Waals surface area contributed by atoms with Gasteiger partial charge in [-0.2, -0.15) is 5.10 Å². The minimum absolute atomic E-state index is 0.160. The molecule has 0 spiro atoms. The van der Waals surface area contributed by atoms with Gasteiger partial charge in [-0.25, -0.2) is 0 Å². The van der Waals surface area contributed by atoms with E-state index in [2.05, 4.69) is 10.2 Å². The maximum absolute atomic E-state index is 11.5. The van der Waals surface area contributed by atoms with Crippen LogP contribution in [0.25, 0.3) is 0 Å². The average molecular weight is 213 g/mol. The molecule has 0 radical (unpaired) electrons. The monoisotopic (exact) mass is 212 g/mol. The second-order valence-corrected chi connectivity index (χ2v) is 3.51. The summed E-state index contributed by atoms with van der Waals surface area (Å²) in [5.41, 5.74) is 0.638. The molecule has 1 fully saturated rings. The summed E-state index contributed by atoms with van der Waals surface area (Å²) in [6.07, 6.45) is 0.453. The van der Waals surface area contributed by atoms with Crippen LogP contribution in [0.2, 0.25) is 5.15 Å². The molecule has 1 unspecified atom stereocenters. The van der Waals surface area contributed by atoms with Crippen LogP contribution in [-0.2, 0) is 9.53 Å². The number of carbonyl (C=O) groups excluding carboxylic acids is 1. The van der Waals surface area contributed by atoms with E-state index in [4.69, 9.17) is 16.3 Å². The van der Waals surface area contributed by atoms with Crippen molar-refractivity contribution >= 4 is 17.4 Å². The van der Waals surface area contributed by atoms with Gasteiger partial charge in [0.25, 0.3) is 0 Å². The summed E-state index contributed by atoms with van der Waals surface area (Å²) in [6.45, 7) is 0.908. The molecule has 1 aliphatic heterocycles. The number of carbonyl (C=O) groups is 1. The Kier molecular flexibility index (Phi) is 2.74. The predicted molar refractivity (Wildman–Crippen MR) is 50.2 cm³/mol. The summed E-state index contributed by atoms with van der Waals surface area (Å²) in [5, 5.41) is 7.90. The highest BCUT2D eigenvalue weighted by molar-refractivity contribution is 6.29. The highest BCUT2D eigenvalue weighted by Crippen LogP contribution is 2.20. The first-order chi connectivity index (χ1) is 6.77. The van der Waals surface area contributed by atoms with Crippen molar-refractivity contribution in [1.29, 1.82) is 0 Å². The third-order valence-electron chi connectivity index (χ3n) is 2.18. The molecule has 14 heavy (non-hydrogen) atoms. The standard InChI is InChI=1S/C9H9ClN2O2/c10-9-2-1-7(11-12-9)6-5-14-4-3-8(6)13/h1-2,6H,3-5H2. The molecule has 0 N–H and O–H groups in total. The van der Waals surface area contributed by atoms with Gasteiger partial charge in [0.05, 0.1) is 24.8 Å². The van der Waals surface area contributed by atoms with Gasteiger partial charge in [0.1, 0.15) is 5.78 Å². The van der Waals surface area contributed by atoms with Crippen LogP contribution in [0.15, 0.2) is 12.1 Å². The summed E-state index contributed by atoms with van der Waals surface area (Å²) >= 11 is 5.60. The SMILES string of the molecule is O=C1CCOCC1c1ccc(Cl)nn1. The zero-order valence-electron chi connectivity index (χ0n) is 7.44. The zero-order chi connectivity index (χ0) is 9.97. The summed E-state index contributed by atoms with van der Waals surface area (Å²) in [4.78, 5) is 11.5. The second-order valence-electron chi connectivity index (χ2n) is 3.12. The van der Waals surface area contributed by atoms with Crippen LogP contribution in [0.4, 0.5) is 0 Å². The zero-order valence-corrected chi connectivity index (χ0v) is 8.20. The van der Waals surface area contributed by atoms with Crippen LogP contribution >= 0.6 is 11.6 Å². The van der Waals surface area contributed by atoms with Crippen molar-refractivity contribution in [2.45, 2.75) is 12.3 Å². The second kappa shape index (κ2) is 4.02. The Hall–Kier alpha value is -1.00. The smallest absolute Gasteiger partial charge is 0.151 e. The van der Waals surface area contributed by atoms with Gasteiger partial charge in [0, 0.05) is 6.42 Å². The number of aromatic nitrogens is 2. The van der Waals surface area contributed by atoms with Gasteiger partial charge in [0.15, 0.2) is 5.15 Å². The molecule has 1 saturated heterocycles. The van der Waals surface area contributed by atoms with Gasteiger partial charge in [-0.1, -0.05) is 11.6 Å². The highest BCUT2D eigenvalue weighted by atomic mass is 35.5. The van der Waals surface area contributed by atoms with E-state index in [1.165, 1.54) is 0 Å². The Morgan fingerprint density at radius 1 is 1.43 bits per heavy atom. The van der Waals surface area contributed by atoms with Crippen molar-refractivity contribution in [3.05, 3.63) is 23.0 Å². The fourth-order valence-corrected chi connectivity index (χ4v) is 1.50. The van der Waals surface area contributed by atoms with Gasteiger partial charge >= 0.3 is 0 Å². The van der Waals surface area contributed by atoms with Gasteiger partial charge in [-0.15, -0.1) is 5.10 Å². The van der Waals surface area contributed by atoms with E-state index in [1.54, 1.807) is 12.1 Å². The van der Waals surface area contributed by atoms with Gasteiger partial charge in [0.2, 0.25) is 0 Å². The van der Waals surface area contributed by atoms with Crippen LogP contribution in [-0.4, -0.2) is 29.2 Å². The van der Waals surface area contributed by atoms with Crippen LogP contribution < -0.4 is 0 Å². The van der Waals surface area contributed by atoms with Crippen molar-refractivity contribution in [2.75, 3.05) is 13.2 Å². The fourth-order valence-electron chi connectivity index (χ4n) is 1.40. The lowest BCUT2D eigenvalue weighted by atomic mass is 9.97. The topological polar surface area (TPSA) is 52.1 Å². The molecule has 0 bridgehead atoms. The number of rotatable bonds is 1. The number of Topliss-reactive ketones (excluding diaryl/α,β-unsaturated/α-hetero) is 1. The van der Waals surface area contributed by atoms with Gasteiger partial charge in [-0.3, -0.25) is 4.79 Å². The van der Waals surface area contributed by atoms with E-state index in [0.717, 1.165) is 0 Å². The molecule has 1 atom stereocenters. The largest absolute Gasteiger partial charge is 0.380 e. The first kappa shape index (κ1) is 9.55. The van der Waals surface area contributed by atoms with E-state index < -0.39 is 0 Å². The van der Waals surface area contributed by atoms with Crippen molar-refractivity contribution in [3.63, 3.8) is 0 Å². The molecule has 5 heteroatoms. The molecule has 4 nitrogen and oxygen atoms in total. The summed E-state index contributed by atoms with van der Waals surface area (Å²) in [5.74, 6) is -0.110. The predicted octanol–water partition coefficient (Wildman–Crippen LogP) is 1.20. The Labute approximate surface area is 86.2 Å². The molecule has 1 aromatic heterocycles.